The SMILES string of the molecule is CN1C(C)(C)CC(NC(=O)C2CN(c3c4c(nc5ccnn35)CCNCC4)C2)CC1(C)C. The molecule has 174 valence electrons. The number of carbonyl (C=O) groups excluding carboxylic acids is 1. The standard InChI is InChI=1S/C24H37N7O/c1-23(2)12-17(13-24(3,4)29(23)5)27-21(32)16-14-30(15-16)22-18-6-9-25-10-7-19(18)28-20-8-11-26-31(20)22/h8,11,16-17,25H,6-7,9-10,12-15H2,1-5H3,(H,27,32). The van der Waals surface area contributed by atoms with Gasteiger partial charge in [0.05, 0.1) is 17.8 Å². The highest BCUT2D eigenvalue weighted by atomic mass is 16.2. The molecule has 2 fully saturated rings. The lowest BCUT2D eigenvalue weighted by Gasteiger charge is -2.54. The first-order chi connectivity index (χ1) is 15.2. The number of aromatic nitrogens is 3. The third kappa shape index (κ3) is 3.67. The summed E-state index contributed by atoms with van der Waals surface area (Å²) in [5.41, 5.74) is 3.48. The van der Waals surface area contributed by atoms with Crippen LogP contribution >= 0.6 is 0 Å². The first-order valence-corrected chi connectivity index (χ1v) is 12.0. The van der Waals surface area contributed by atoms with Crippen molar-refractivity contribution in [3.8, 4) is 0 Å². The Morgan fingerprint density at radius 1 is 1.12 bits per heavy atom. The Morgan fingerprint density at radius 2 is 1.81 bits per heavy atom. The fourth-order valence-corrected chi connectivity index (χ4v) is 5.95. The Kier molecular flexibility index (Phi) is 5.21. The van der Waals surface area contributed by atoms with Crippen LogP contribution in [-0.2, 0) is 17.6 Å². The molecule has 5 rings (SSSR count). The number of nitrogens with zero attached hydrogens (tertiary/aromatic N) is 5. The molecule has 0 saturated carbocycles. The van der Waals surface area contributed by atoms with E-state index in [-0.39, 0.29) is 28.9 Å². The third-order valence-corrected chi connectivity index (χ3v) is 7.99. The second-order valence-corrected chi connectivity index (χ2v) is 11.1. The molecular weight excluding hydrogens is 402 g/mol. The lowest BCUT2D eigenvalue weighted by atomic mass is 9.77. The van der Waals surface area contributed by atoms with Crippen molar-refractivity contribution in [2.45, 2.75) is 70.5 Å². The molecule has 0 atom stereocenters. The summed E-state index contributed by atoms with van der Waals surface area (Å²) in [5, 5.41) is 11.4. The number of amides is 1. The molecular formula is C24H37N7O. The predicted octanol–water partition coefficient (Wildman–Crippen LogP) is 1.62. The fourth-order valence-electron chi connectivity index (χ4n) is 5.95. The summed E-state index contributed by atoms with van der Waals surface area (Å²) < 4.78 is 1.96. The molecule has 32 heavy (non-hydrogen) atoms. The Balaban J connectivity index is 1.30. The van der Waals surface area contributed by atoms with Gasteiger partial charge in [0.2, 0.25) is 5.91 Å². The summed E-state index contributed by atoms with van der Waals surface area (Å²) in [6, 6.07) is 2.19. The highest BCUT2D eigenvalue weighted by molar-refractivity contribution is 5.82. The van der Waals surface area contributed by atoms with Gasteiger partial charge >= 0.3 is 0 Å². The minimum Gasteiger partial charge on any atom is -0.354 e. The van der Waals surface area contributed by atoms with Gasteiger partial charge in [-0.3, -0.25) is 9.69 Å². The molecule has 5 heterocycles. The van der Waals surface area contributed by atoms with Crippen molar-refractivity contribution in [1.29, 1.82) is 0 Å². The molecule has 0 spiro atoms. The van der Waals surface area contributed by atoms with Crippen LogP contribution < -0.4 is 15.5 Å². The molecule has 8 nitrogen and oxygen atoms in total. The van der Waals surface area contributed by atoms with Crippen LogP contribution in [0.2, 0.25) is 0 Å². The van der Waals surface area contributed by atoms with E-state index in [1.807, 2.05) is 16.8 Å². The largest absolute Gasteiger partial charge is 0.354 e. The summed E-state index contributed by atoms with van der Waals surface area (Å²) in [7, 11) is 2.20. The van der Waals surface area contributed by atoms with Gasteiger partial charge in [-0.25, -0.2) is 4.98 Å². The van der Waals surface area contributed by atoms with E-state index in [2.05, 4.69) is 60.3 Å². The molecule has 0 unspecified atom stereocenters. The number of anilines is 1. The normalized spacial score (nSPS) is 24.1. The van der Waals surface area contributed by atoms with Crippen molar-refractivity contribution in [1.82, 2.24) is 30.1 Å². The molecule has 8 heteroatoms. The average Bonchev–Trinajstić information content (AvgIpc) is 3.00. The molecule has 0 radical (unpaired) electrons. The van der Waals surface area contributed by atoms with Crippen LogP contribution in [0.4, 0.5) is 5.82 Å². The van der Waals surface area contributed by atoms with Gasteiger partial charge < -0.3 is 15.5 Å². The molecule has 2 N–H and O–H groups in total. The van der Waals surface area contributed by atoms with Crippen LogP contribution in [0.25, 0.3) is 5.65 Å². The molecule has 3 aliphatic rings. The first kappa shape index (κ1) is 21.6. The second kappa shape index (κ2) is 7.70. The van der Waals surface area contributed by atoms with Crippen molar-refractivity contribution in [2.75, 3.05) is 38.1 Å². The van der Waals surface area contributed by atoms with Gasteiger partial charge in [-0.05, 0) is 60.5 Å². The van der Waals surface area contributed by atoms with Crippen molar-refractivity contribution < 1.29 is 4.79 Å². The Labute approximate surface area is 190 Å². The fraction of sp³-hybridized carbons (Fsp3) is 0.708. The number of likely N-dealkylation sites (tertiary alicyclic amines) is 1. The molecule has 1 amide bonds. The van der Waals surface area contributed by atoms with E-state index in [9.17, 15) is 4.79 Å². The molecule has 2 aromatic heterocycles. The maximum Gasteiger partial charge on any atom is 0.226 e. The third-order valence-electron chi connectivity index (χ3n) is 7.99. The Hall–Kier alpha value is -2.19. The van der Waals surface area contributed by atoms with Crippen LogP contribution in [0, 0.1) is 5.92 Å². The van der Waals surface area contributed by atoms with E-state index in [0.717, 1.165) is 63.3 Å². The van der Waals surface area contributed by atoms with Crippen molar-refractivity contribution in [3.05, 3.63) is 23.5 Å². The van der Waals surface area contributed by atoms with Gasteiger partial charge in [0, 0.05) is 54.8 Å². The minimum atomic E-state index is 0.0270. The lowest BCUT2D eigenvalue weighted by Crippen LogP contribution is -2.64. The molecule has 0 aliphatic carbocycles. The second-order valence-electron chi connectivity index (χ2n) is 11.1. The molecule has 3 aliphatic heterocycles. The summed E-state index contributed by atoms with van der Waals surface area (Å²) in [6.45, 7) is 12.5. The predicted molar refractivity (Wildman–Crippen MR) is 126 cm³/mol. The molecule has 0 bridgehead atoms. The van der Waals surface area contributed by atoms with E-state index in [4.69, 9.17) is 4.98 Å². The summed E-state index contributed by atoms with van der Waals surface area (Å²) in [6.07, 6.45) is 5.66. The zero-order chi connectivity index (χ0) is 22.7. The monoisotopic (exact) mass is 439 g/mol. The van der Waals surface area contributed by atoms with Crippen LogP contribution in [0.3, 0.4) is 0 Å². The lowest BCUT2D eigenvalue weighted by molar-refractivity contribution is -0.128. The number of hydrogen-bond acceptors (Lipinski definition) is 6. The maximum absolute atomic E-state index is 13.1. The van der Waals surface area contributed by atoms with Gasteiger partial charge in [-0.1, -0.05) is 0 Å². The van der Waals surface area contributed by atoms with Crippen LogP contribution in [0.1, 0.15) is 51.8 Å². The summed E-state index contributed by atoms with van der Waals surface area (Å²) >= 11 is 0. The van der Waals surface area contributed by atoms with E-state index in [0.29, 0.717) is 0 Å². The topological polar surface area (TPSA) is 77.8 Å². The molecule has 2 aromatic rings. The van der Waals surface area contributed by atoms with Gasteiger partial charge in [0.1, 0.15) is 5.82 Å². The number of rotatable bonds is 3. The number of nitrogens with one attached hydrogen (secondary N) is 2. The van der Waals surface area contributed by atoms with E-state index < -0.39 is 0 Å². The number of carbonyl (C=O) groups is 1. The van der Waals surface area contributed by atoms with E-state index in [1.165, 1.54) is 11.3 Å². The van der Waals surface area contributed by atoms with Crippen LogP contribution in [0.15, 0.2) is 12.3 Å². The molecule has 2 saturated heterocycles. The van der Waals surface area contributed by atoms with E-state index >= 15 is 0 Å². The first-order valence-electron chi connectivity index (χ1n) is 12.0. The Bertz CT molecular complexity index is 1000. The van der Waals surface area contributed by atoms with E-state index in [1.54, 1.807) is 0 Å². The minimum absolute atomic E-state index is 0.0270. The molecule has 0 aromatic carbocycles. The number of piperidine rings is 1. The van der Waals surface area contributed by atoms with Crippen molar-refractivity contribution >= 4 is 17.4 Å². The number of hydrogen-bond donors (Lipinski definition) is 2. The van der Waals surface area contributed by atoms with Crippen LogP contribution in [-0.4, -0.2) is 75.8 Å². The maximum atomic E-state index is 13.1. The summed E-state index contributed by atoms with van der Waals surface area (Å²) in [4.78, 5) is 22.8. The Morgan fingerprint density at radius 3 is 2.53 bits per heavy atom. The zero-order valence-corrected chi connectivity index (χ0v) is 20.1. The smallest absolute Gasteiger partial charge is 0.226 e. The number of fused-ring (bicyclic) bond motifs is 2. The van der Waals surface area contributed by atoms with Gasteiger partial charge in [-0.15, -0.1) is 0 Å². The van der Waals surface area contributed by atoms with Crippen molar-refractivity contribution in [2.24, 2.45) is 5.92 Å². The van der Waals surface area contributed by atoms with Gasteiger partial charge in [-0.2, -0.15) is 9.61 Å². The van der Waals surface area contributed by atoms with Crippen molar-refractivity contribution in [3.63, 3.8) is 0 Å². The average molecular weight is 440 g/mol. The summed E-state index contributed by atoms with van der Waals surface area (Å²) in [5.74, 6) is 1.35. The van der Waals surface area contributed by atoms with Gasteiger partial charge in [0.25, 0.3) is 0 Å². The highest BCUT2D eigenvalue weighted by Gasteiger charge is 2.44. The van der Waals surface area contributed by atoms with Gasteiger partial charge in [0.15, 0.2) is 5.65 Å². The highest BCUT2D eigenvalue weighted by Crippen LogP contribution is 2.37. The van der Waals surface area contributed by atoms with Crippen LogP contribution in [0.5, 0.6) is 0 Å². The zero-order valence-electron chi connectivity index (χ0n) is 20.1. The quantitative estimate of drug-likeness (QED) is 0.757.